The number of halogens is 1. The van der Waals surface area contributed by atoms with Gasteiger partial charge in [0.25, 0.3) is 0 Å². The fourth-order valence-electron chi connectivity index (χ4n) is 2.53. The smallest absolute Gasteiger partial charge is 0.244 e. The Balaban J connectivity index is 1.99. The zero-order chi connectivity index (χ0) is 15.0. The highest BCUT2D eigenvalue weighted by Gasteiger charge is 2.29. The predicted octanol–water partition coefficient (Wildman–Crippen LogP) is 2.78. The van der Waals surface area contributed by atoms with Gasteiger partial charge in [-0.1, -0.05) is 24.3 Å². The molecule has 21 heavy (non-hydrogen) atoms. The largest absolute Gasteiger partial charge is 0.399 e. The highest BCUT2D eigenvalue weighted by atomic mass is 79.9. The summed E-state index contributed by atoms with van der Waals surface area (Å²) in [5, 5.41) is 0. The number of hydrogen-bond donors (Lipinski definition) is 1. The van der Waals surface area contributed by atoms with Crippen LogP contribution in [-0.2, 0) is 23.0 Å². The topological polar surface area (TPSA) is 63.4 Å². The maximum Gasteiger partial charge on any atom is 0.244 e. The monoisotopic (exact) mass is 366 g/mol. The van der Waals surface area contributed by atoms with E-state index in [9.17, 15) is 8.42 Å². The summed E-state index contributed by atoms with van der Waals surface area (Å²) in [4.78, 5) is 0.224. The molecule has 0 spiro atoms. The zero-order valence-electron chi connectivity index (χ0n) is 11.3. The summed E-state index contributed by atoms with van der Waals surface area (Å²) in [6.07, 6.45) is 0.731. The molecule has 1 aliphatic heterocycles. The zero-order valence-corrected chi connectivity index (χ0v) is 13.7. The van der Waals surface area contributed by atoms with Crippen molar-refractivity contribution in [3.05, 3.63) is 58.1 Å². The Morgan fingerprint density at radius 1 is 1.10 bits per heavy atom. The third-order valence-electron chi connectivity index (χ3n) is 3.67. The molecule has 2 aromatic carbocycles. The molecule has 0 saturated heterocycles. The van der Waals surface area contributed by atoms with Crippen LogP contribution in [0.15, 0.2) is 51.8 Å². The molecule has 0 saturated carbocycles. The maximum absolute atomic E-state index is 12.8. The average Bonchev–Trinajstić information content (AvgIpc) is 2.49. The summed E-state index contributed by atoms with van der Waals surface area (Å²) >= 11 is 3.30. The molecule has 2 N–H and O–H groups in total. The molecule has 4 nitrogen and oxygen atoms in total. The van der Waals surface area contributed by atoms with Crippen LogP contribution < -0.4 is 5.73 Å². The number of nitrogen functional groups attached to an aromatic ring is 1. The summed E-state index contributed by atoms with van der Waals surface area (Å²) in [6.45, 7) is 0.889. The molecular weight excluding hydrogens is 352 g/mol. The van der Waals surface area contributed by atoms with Crippen LogP contribution in [0.1, 0.15) is 11.1 Å². The van der Waals surface area contributed by atoms with Gasteiger partial charge in [0.15, 0.2) is 0 Å². The van der Waals surface area contributed by atoms with Gasteiger partial charge in [-0.05, 0) is 51.7 Å². The van der Waals surface area contributed by atoms with E-state index in [2.05, 4.69) is 22.0 Å². The molecule has 1 aliphatic rings. The van der Waals surface area contributed by atoms with E-state index in [1.807, 2.05) is 18.2 Å². The third kappa shape index (κ3) is 2.71. The van der Waals surface area contributed by atoms with E-state index in [1.165, 1.54) is 15.9 Å². The van der Waals surface area contributed by atoms with Crippen molar-refractivity contribution in [1.82, 2.24) is 4.31 Å². The van der Waals surface area contributed by atoms with Gasteiger partial charge in [0.1, 0.15) is 0 Å². The van der Waals surface area contributed by atoms with Crippen molar-refractivity contribution in [2.24, 2.45) is 0 Å². The van der Waals surface area contributed by atoms with Crippen molar-refractivity contribution in [2.45, 2.75) is 17.9 Å². The molecular formula is C15H15BrN2O2S. The van der Waals surface area contributed by atoms with Gasteiger partial charge in [-0.2, -0.15) is 4.31 Å². The second-order valence-electron chi connectivity index (χ2n) is 5.05. The Morgan fingerprint density at radius 3 is 2.57 bits per heavy atom. The van der Waals surface area contributed by atoms with Gasteiger partial charge in [0, 0.05) is 23.2 Å². The van der Waals surface area contributed by atoms with E-state index in [0.717, 1.165) is 12.0 Å². The fourth-order valence-corrected chi connectivity index (χ4v) is 4.91. The first-order chi connectivity index (χ1) is 9.98. The van der Waals surface area contributed by atoms with Crippen molar-refractivity contribution < 1.29 is 8.42 Å². The average molecular weight is 367 g/mol. The first kappa shape index (κ1) is 14.6. The number of benzene rings is 2. The van der Waals surface area contributed by atoms with Gasteiger partial charge < -0.3 is 5.73 Å². The van der Waals surface area contributed by atoms with E-state index < -0.39 is 10.0 Å². The molecule has 0 unspecified atom stereocenters. The van der Waals surface area contributed by atoms with Gasteiger partial charge >= 0.3 is 0 Å². The molecule has 0 fully saturated rings. The first-order valence-electron chi connectivity index (χ1n) is 6.60. The van der Waals surface area contributed by atoms with Crippen molar-refractivity contribution in [3.8, 4) is 0 Å². The van der Waals surface area contributed by atoms with E-state index in [4.69, 9.17) is 5.73 Å². The van der Waals surface area contributed by atoms with Gasteiger partial charge in [-0.15, -0.1) is 0 Å². The predicted molar refractivity (Wildman–Crippen MR) is 86.3 cm³/mol. The number of sulfonamides is 1. The van der Waals surface area contributed by atoms with Crippen molar-refractivity contribution >= 4 is 31.6 Å². The Kier molecular flexibility index (Phi) is 3.77. The summed E-state index contributed by atoms with van der Waals surface area (Å²) in [5.74, 6) is 0. The molecule has 6 heteroatoms. The highest BCUT2D eigenvalue weighted by Crippen LogP contribution is 2.30. The first-order valence-corrected chi connectivity index (χ1v) is 8.84. The Hall–Kier alpha value is -1.37. The molecule has 3 rings (SSSR count). The minimum absolute atomic E-state index is 0.224. The third-order valence-corrected chi connectivity index (χ3v) is 6.51. The summed E-state index contributed by atoms with van der Waals surface area (Å²) in [6, 6.07) is 12.8. The van der Waals surface area contributed by atoms with Crippen LogP contribution in [0.3, 0.4) is 0 Å². The van der Waals surface area contributed by atoms with E-state index in [-0.39, 0.29) is 4.90 Å². The molecule has 0 aromatic heterocycles. The number of anilines is 1. The molecule has 1 heterocycles. The standard InChI is InChI=1S/C15H15BrN2O2S/c16-14-6-5-13(17)9-15(14)21(19,20)18-8-7-11-3-1-2-4-12(11)10-18/h1-6,9H,7-8,10,17H2. The number of fused-ring (bicyclic) bond motifs is 1. The van der Waals surface area contributed by atoms with E-state index in [1.54, 1.807) is 12.1 Å². The number of nitrogens with zero attached hydrogens (tertiary/aromatic N) is 1. The maximum atomic E-state index is 12.8. The lowest BCUT2D eigenvalue weighted by atomic mass is 10.0. The second-order valence-corrected chi connectivity index (χ2v) is 7.81. The SMILES string of the molecule is Nc1ccc(Br)c(S(=O)(=O)N2CCc3ccccc3C2)c1. The quantitative estimate of drug-likeness (QED) is 0.831. The van der Waals surface area contributed by atoms with Gasteiger partial charge in [-0.25, -0.2) is 8.42 Å². The Labute approximate surface area is 132 Å². The van der Waals surface area contributed by atoms with Crippen LogP contribution >= 0.6 is 15.9 Å². The lowest BCUT2D eigenvalue weighted by Gasteiger charge is -2.28. The van der Waals surface area contributed by atoms with Crippen LogP contribution in [0.4, 0.5) is 5.69 Å². The van der Waals surface area contributed by atoms with Crippen LogP contribution in [-0.4, -0.2) is 19.3 Å². The Bertz CT molecular complexity index is 790. The number of hydrogen-bond acceptors (Lipinski definition) is 3. The van der Waals surface area contributed by atoms with Crippen LogP contribution in [0.5, 0.6) is 0 Å². The van der Waals surface area contributed by atoms with Crippen molar-refractivity contribution in [2.75, 3.05) is 12.3 Å². The second kappa shape index (κ2) is 5.44. The van der Waals surface area contributed by atoms with Crippen LogP contribution in [0, 0.1) is 0 Å². The summed E-state index contributed by atoms with van der Waals surface area (Å²) in [5.41, 5.74) is 8.45. The molecule has 0 amide bonds. The lowest BCUT2D eigenvalue weighted by Crippen LogP contribution is -2.36. The molecule has 0 aliphatic carbocycles. The lowest BCUT2D eigenvalue weighted by molar-refractivity contribution is 0.391. The molecule has 0 atom stereocenters. The van der Waals surface area contributed by atoms with Gasteiger partial charge in [-0.3, -0.25) is 0 Å². The minimum Gasteiger partial charge on any atom is -0.399 e. The van der Waals surface area contributed by atoms with Gasteiger partial charge in [0.05, 0.1) is 4.90 Å². The van der Waals surface area contributed by atoms with Crippen LogP contribution in [0.25, 0.3) is 0 Å². The number of nitrogens with two attached hydrogens (primary N) is 1. The molecule has 0 bridgehead atoms. The molecule has 2 aromatic rings. The molecule has 0 radical (unpaired) electrons. The van der Waals surface area contributed by atoms with Crippen molar-refractivity contribution in [3.63, 3.8) is 0 Å². The summed E-state index contributed by atoms with van der Waals surface area (Å²) in [7, 11) is -3.55. The Morgan fingerprint density at radius 2 is 1.81 bits per heavy atom. The van der Waals surface area contributed by atoms with E-state index in [0.29, 0.717) is 23.2 Å². The van der Waals surface area contributed by atoms with Crippen LogP contribution in [0.2, 0.25) is 0 Å². The minimum atomic E-state index is -3.55. The normalized spacial score (nSPS) is 15.7. The van der Waals surface area contributed by atoms with E-state index >= 15 is 0 Å². The van der Waals surface area contributed by atoms with Crippen molar-refractivity contribution in [1.29, 1.82) is 0 Å². The van der Waals surface area contributed by atoms with Gasteiger partial charge in [0.2, 0.25) is 10.0 Å². The highest BCUT2D eigenvalue weighted by molar-refractivity contribution is 9.10. The number of rotatable bonds is 2. The molecule has 110 valence electrons. The fraction of sp³-hybridized carbons (Fsp3) is 0.200. The summed E-state index contributed by atoms with van der Waals surface area (Å²) < 4.78 is 27.7.